The number of thiocarbonyl (C=S) groups is 1. The van der Waals surface area contributed by atoms with Gasteiger partial charge < -0.3 is 5.73 Å². The fraction of sp³-hybridized carbons (Fsp3) is 0. The third kappa shape index (κ3) is 1.73. The van der Waals surface area contributed by atoms with Crippen molar-refractivity contribution in [3.05, 3.63) is 34.1 Å². The predicted octanol–water partition coefficient (Wildman–Crippen LogP) is 0.624. The van der Waals surface area contributed by atoms with Crippen LogP contribution in [0.5, 0.6) is 0 Å². The Bertz CT molecular complexity index is 289. The Labute approximate surface area is 73.4 Å². The molecule has 0 fully saturated rings. The molecule has 1 aromatic heterocycles. The Morgan fingerprint density at radius 3 is 2.67 bits per heavy atom. The van der Waals surface area contributed by atoms with Crippen LogP contribution in [0, 0.1) is 10.1 Å². The molecule has 12 heavy (non-hydrogen) atoms. The number of nitrogens with zero attached hydrogens (tertiary/aromatic N) is 2. The molecule has 1 rings (SSSR count). The second kappa shape index (κ2) is 3.22. The van der Waals surface area contributed by atoms with E-state index in [0.29, 0.717) is 5.69 Å². The van der Waals surface area contributed by atoms with E-state index in [1.807, 2.05) is 0 Å². The van der Waals surface area contributed by atoms with Gasteiger partial charge in [-0.15, -0.1) is 0 Å². The fourth-order valence-electron chi connectivity index (χ4n) is 0.640. The summed E-state index contributed by atoms with van der Waals surface area (Å²) in [5.41, 5.74) is 5.55. The van der Waals surface area contributed by atoms with Crippen LogP contribution in [0.15, 0.2) is 18.3 Å². The number of rotatable bonds is 2. The van der Waals surface area contributed by atoms with Crippen LogP contribution in [0.1, 0.15) is 5.69 Å². The molecule has 0 saturated heterocycles. The zero-order valence-electron chi connectivity index (χ0n) is 5.93. The molecule has 0 spiro atoms. The summed E-state index contributed by atoms with van der Waals surface area (Å²) in [4.78, 5) is 13.5. The fourth-order valence-corrected chi connectivity index (χ4v) is 0.761. The van der Waals surface area contributed by atoms with Gasteiger partial charge in [-0.3, -0.25) is 10.1 Å². The molecule has 6 heteroatoms. The molecule has 1 aromatic rings. The summed E-state index contributed by atoms with van der Waals surface area (Å²) in [6.07, 6.45) is 1.12. The summed E-state index contributed by atoms with van der Waals surface area (Å²) in [7, 11) is 0. The molecule has 62 valence electrons. The first-order chi connectivity index (χ1) is 5.61. The number of aromatic nitrogens is 1. The quantitative estimate of drug-likeness (QED) is 0.413. The number of pyridine rings is 1. The molecule has 0 bridgehead atoms. The zero-order chi connectivity index (χ0) is 9.14. The van der Waals surface area contributed by atoms with Crippen molar-refractivity contribution in [2.24, 2.45) is 5.73 Å². The number of hydrogen-bond donors (Lipinski definition) is 1. The van der Waals surface area contributed by atoms with Gasteiger partial charge in [0.15, 0.2) is 0 Å². The lowest BCUT2D eigenvalue weighted by atomic mass is 10.3. The van der Waals surface area contributed by atoms with Crippen molar-refractivity contribution in [1.29, 1.82) is 0 Å². The number of nitro groups is 1. The second-order valence-electron chi connectivity index (χ2n) is 2.02. The van der Waals surface area contributed by atoms with Gasteiger partial charge in [-0.05, 0) is 6.07 Å². The van der Waals surface area contributed by atoms with E-state index in [1.165, 1.54) is 12.1 Å². The highest BCUT2D eigenvalue weighted by atomic mass is 32.1. The third-order valence-electron chi connectivity index (χ3n) is 1.21. The molecule has 0 aromatic carbocycles. The van der Waals surface area contributed by atoms with Crippen LogP contribution in [-0.4, -0.2) is 14.9 Å². The van der Waals surface area contributed by atoms with Crippen molar-refractivity contribution in [3.63, 3.8) is 0 Å². The normalized spacial score (nSPS) is 9.33. The van der Waals surface area contributed by atoms with Gasteiger partial charge >= 0.3 is 0 Å². The minimum Gasteiger partial charge on any atom is -0.388 e. The molecule has 0 saturated carbocycles. The van der Waals surface area contributed by atoms with Crippen LogP contribution in [0.4, 0.5) is 5.69 Å². The van der Waals surface area contributed by atoms with Crippen molar-refractivity contribution in [2.75, 3.05) is 0 Å². The summed E-state index contributed by atoms with van der Waals surface area (Å²) < 4.78 is 0. The molecule has 0 aliphatic rings. The minimum atomic E-state index is -0.531. The van der Waals surface area contributed by atoms with Crippen LogP contribution in [0.2, 0.25) is 0 Å². The molecule has 0 unspecified atom stereocenters. The first-order valence-corrected chi connectivity index (χ1v) is 3.42. The first kappa shape index (κ1) is 8.54. The molecule has 0 radical (unpaired) electrons. The maximum absolute atomic E-state index is 10.2. The van der Waals surface area contributed by atoms with Crippen LogP contribution < -0.4 is 5.73 Å². The van der Waals surface area contributed by atoms with Gasteiger partial charge in [0.05, 0.1) is 10.6 Å². The highest BCUT2D eigenvalue weighted by Gasteiger charge is 2.05. The van der Waals surface area contributed by atoms with E-state index in [0.717, 1.165) is 6.20 Å². The Kier molecular flexibility index (Phi) is 2.29. The topological polar surface area (TPSA) is 82.0 Å². The Hall–Kier alpha value is -1.56. The van der Waals surface area contributed by atoms with Crippen molar-refractivity contribution in [1.82, 2.24) is 4.98 Å². The van der Waals surface area contributed by atoms with Crippen molar-refractivity contribution >= 4 is 22.9 Å². The van der Waals surface area contributed by atoms with Gasteiger partial charge in [-0.25, -0.2) is 4.98 Å². The predicted molar refractivity (Wildman–Crippen MR) is 46.8 cm³/mol. The Morgan fingerprint density at radius 2 is 2.33 bits per heavy atom. The average molecular weight is 183 g/mol. The van der Waals surface area contributed by atoms with E-state index in [1.54, 1.807) is 0 Å². The summed E-state index contributed by atoms with van der Waals surface area (Å²) in [6.45, 7) is 0. The first-order valence-electron chi connectivity index (χ1n) is 3.01. The molecule has 1 heterocycles. The van der Waals surface area contributed by atoms with Gasteiger partial charge in [0, 0.05) is 6.07 Å². The van der Waals surface area contributed by atoms with E-state index < -0.39 is 4.92 Å². The molecule has 0 amide bonds. The highest BCUT2D eigenvalue weighted by Crippen LogP contribution is 2.08. The molecular weight excluding hydrogens is 178 g/mol. The lowest BCUT2D eigenvalue weighted by Crippen LogP contribution is -2.11. The van der Waals surface area contributed by atoms with Crippen LogP contribution in [-0.2, 0) is 0 Å². The van der Waals surface area contributed by atoms with Crippen LogP contribution in [0.3, 0.4) is 0 Å². The lowest BCUT2D eigenvalue weighted by Gasteiger charge is -1.94. The zero-order valence-corrected chi connectivity index (χ0v) is 6.75. The van der Waals surface area contributed by atoms with Crippen molar-refractivity contribution in [2.45, 2.75) is 0 Å². The van der Waals surface area contributed by atoms with Gasteiger partial charge in [0.25, 0.3) is 5.69 Å². The maximum Gasteiger partial charge on any atom is 0.287 e. The molecule has 2 N–H and O–H groups in total. The second-order valence-corrected chi connectivity index (χ2v) is 2.46. The van der Waals surface area contributed by atoms with E-state index >= 15 is 0 Å². The third-order valence-corrected chi connectivity index (χ3v) is 1.42. The number of nitrogens with two attached hydrogens (primary N) is 1. The summed E-state index contributed by atoms with van der Waals surface area (Å²) >= 11 is 4.62. The minimum absolute atomic E-state index is 0.0741. The van der Waals surface area contributed by atoms with E-state index in [2.05, 4.69) is 17.2 Å². The molecule has 0 atom stereocenters. The average Bonchev–Trinajstić information content (AvgIpc) is 2.04. The molecular formula is C6H5N3O2S. The van der Waals surface area contributed by atoms with E-state index in [9.17, 15) is 10.1 Å². The number of hydrogen-bond acceptors (Lipinski definition) is 4. The van der Waals surface area contributed by atoms with Gasteiger partial charge in [-0.1, -0.05) is 12.2 Å². The Morgan fingerprint density at radius 1 is 1.67 bits per heavy atom. The van der Waals surface area contributed by atoms with Gasteiger partial charge in [0.2, 0.25) is 0 Å². The Balaban J connectivity index is 3.01. The standard InChI is InChI=1S/C6H5N3O2S/c7-6(12)5-2-1-4(3-8-5)9(10)11/h1-3H,(H2,7,12). The molecule has 0 aliphatic carbocycles. The lowest BCUT2D eigenvalue weighted by molar-refractivity contribution is -0.385. The summed E-state index contributed by atoms with van der Waals surface area (Å²) in [5.74, 6) is 0. The van der Waals surface area contributed by atoms with E-state index in [4.69, 9.17) is 5.73 Å². The van der Waals surface area contributed by atoms with Gasteiger partial charge in [-0.2, -0.15) is 0 Å². The smallest absolute Gasteiger partial charge is 0.287 e. The van der Waals surface area contributed by atoms with Gasteiger partial charge in [0.1, 0.15) is 11.2 Å². The molecule has 5 nitrogen and oxygen atoms in total. The van der Waals surface area contributed by atoms with Crippen LogP contribution in [0.25, 0.3) is 0 Å². The molecule has 0 aliphatic heterocycles. The largest absolute Gasteiger partial charge is 0.388 e. The maximum atomic E-state index is 10.2. The SMILES string of the molecule is NC(=S)c1ccc([N+](=O)[O-])cn1. The summed E-state index contributed by atoms with van der Waals surface area (Å²) in [6, 6.07) is 2.72. The monoisotopic (exact) mass is 183 g/mol. The highest BCUT2D eigenvalue weighted by molar-refractivity contribution is 7.80. The van der Waals surface area contributed by atoms with Crippen LogP contribution >= 0.6 is 12.2 Å². The van der Waals surface area contributed by atoms with Crippen molar-refractivity contribution in [3.8, 4) is 0 Å². The van der Waals surface area contributed by atoms with E-state index in [-0.39, 0.29) is 10.7 Å². The van der Waals surface area contributed by atoms with Crippen molar-refractivity contribution < 1.29 is 4.92 Å². The summed E-state index contributed by atoms with van der Waals surface area (Å²) in [5, 5.41) is 10.2.